The molecule has 7 heteroatoms. The van der Waals surface area contributed by atoms with Crippen LogP contribution in [0.2, 0.25) is 0 Å². The largest absolute Gasteiger partial charge is 0.491 e. The van der Waals surface area contributed by atoms with Crippen molar-refractivity contribution in [2.45, 2.75) is 13.3 Å². The Bertz CT molecular complexity index is 574. The van der Waals surface area contributed by atoms with Crippen molar-refractivity contribution in [1.82, 2.24) is 10.6 Å². The Hall–Kier alpha value is -2.57. The summed E-state index contributed by atoms with van der Waals surface area (Å²) in [4.78, 5) is 36.8. The Balaban J connectivity index is 2.02. The molecule has 0 saturated heterocycles. The molecule has 0 aliphatic carbocycles. The molecule has 0 fully saturated rings. The number of para-hydroxylation sites is 2. The van der Waals surface area contributed by atoms with E-state index in [-0.39, 0.29) is 37.9 Å². The van der Waals surface area contributed by atoms with Crippen LogP contribution in [0.5, 0.6) is 5.75 Å². The molecule has 0 aromatic heterocycles. The molecule has 0 radical (unpaired) electrons. The second-order valence-electron chi connectivity index (χ2n) is 4.78. The van der Waals surface area contributed by atoms with Crippen LogP contribution in [0.15, 0.2) is 24.3 Å². The number of hydrogen-bond donors (Lipinski definition) is 2. The Morgan fingerprint density at radius 3 is 2.77 bits per heavy atom. The number of carbonyl (C=O) groups is 3. The van der Waals surface area contributed by atoms with E-state index in [4.69, 9.17) is 4.74 Å². The number of nitrogens with zero attached hydrogens (tertiary/aromatic N) is 1. The van der Waals surface area contributed by atoms with Gasteiger partial charge in [0.2, 0.25) is 17.7 Å². The highest BCUT2D eigenvalue weighted by Crippen LogP contribution is 2.30. The number of ether oxygens (including phenoxy) is 1. The number of carbonyl (C=O) groups excluding carboxylic acids is 3. The molecule has 0 atom stereocenters. The number of fused-ring (bicyclic) bond motifs is 1. The van der Waals surface area contributed by atoms with Crippen molar-refractivity contribution in [3.63, 3.8) is 0 Å². The molecule has 1 aliphatic rings. The average Bonchev–Trinajstić information content (AvgIpc) is 2.66. The van der Waals surface area contributed by atoms with Crippen molar-refractivity contribution in [3.05, 3.63) is 24.3 Å². The van der Waals surface area contributed by atoms with Gasteiger partial charge in [-0.1, -0.05) is 12.1 Å². The normalized spacial score (nSPS) is 13.7. The molecule has 2 rings (SSSR count). The van der Waals surface area contributed by atoms with E-state index in [1.54, 1.807) is 25.1 Å². The minimum atomic E-state index is -0.392. The van der Waals surface area contributed by atoms with Crippen molar-refractivity contribution in [2.75, 3.05) is 31.1 Å². The van der Waals surface area contributed by atoms with Crippen molar-refractivity contribution >= 4 is 23.4 Å². The summed E-state index contributed by atoms with van der Waals surface area (Å²) in [7, 11) is 0. The number of amides is 3. The Kier molecular flexibility index (Phi) is 5.35. The lowest BCUT2D eigenvalue weighted by Gasteiger charge is -2.21. The van der Waals surface area contributed by atoms with E-state index in [0.717, 1.165) is 0 Å². The van der Waals surface area contributed by atoms with E-state index in [9.17, 15) is 14.4 Å². The summed E-state index contributed by atoms with van der Waals surface area (Å²) >= 11 is 0. The summed E-state index contributed by atoms with van der Waals surface area (Å²) in [6, 6.07) is 7.07. The first-order valence-electron chi connectivity index (χ1n) is 7.17. The Morgan fingerprint density at radius 2 is 2.00 bits per heavy atom. The number of nitrogens with one attached hydrogen (secondary N) is 2. The van der Waals surface area contributed by atoms with E-state index >= 15 is 0 Å². The predicted molar refractivity (Wildman–Crippen MR) is 80.6 cm³/mol. The first-order valence-corrected chi connectivity index (χ1v) is 7.17. The smallest absolute Gasteiger partial charge is 0.240 e. The topological polar surface area (TPSA) is 87.7 Å². The second-order valence-corrected chi connectivity index (χ2v) is 4.78. The molecule has 3 amide bonds. The first-order chi connectivity index (χ1) is 10.6. The van der Waals surface area contributed by atoms with Gasteiger partial charge in [0.1, 0.15) is 12.3 Å². The van der Waals surface area contributed by atoms with Gasteiger partial charge in [0.05, 0.1) is 25.3 Å². The maximum atomic E-state index is 12.1. The monoisotopic (exact) mass is 305 g/mol. The van der Waals surface area contributed by atoms with Crippen LogP contribution in [0, 0.1) is 0 Å². The molecule has 22 heavy (non-hydrogen) atoms. The summed E-state index contributed by atoms with van der Waals surface area (Å²) < 4.78 is 5.50. The van der Waals surface area contributed by atoms with E-state index in [1.165, 1.54) is 4.90 Å². The molecule has 0 saturated carbocycles. The lowest BCUT2D eigenvalue weighted by atomic mass is 10.2. The Labute approximate surface area is 128 Å². The molecule has 0 spiro atoms. The highest BCUT2D eigenvalue weighted by Gasteiger charge is 2.24. The molecule has 118 valence electrons. The van der Waals surface area contributed by atoms with E-state index in [0.29, 0.717) is 18.0 Å². The summed E-state index contributed by atoms with van der Waals surface area (Å²) in [6.07, 6.45) is 0.207. The molecule has 1 aliphatic heterocycles. The number of benzene rings is 1. The van der Waals surface area contributed by atoms with Gasteiger partial charge in [-0.3, -0.25) is 19.3 Å². The quantitative estimate of drug-likeness (QED) is 0.805. The highest BCUT2D eigenvalue weighted by molar-refractivity contribution is 6.00. The molecule has 0 bridgehead atoms. The third-order valence-corrected chi connectivity index (χ3v) is 3.15. The maximum Gasteiger partial charge on any atom is 0.240 e. The maximum absolute atomic E-state index is 12.1. The van der Waals surface area contributed by atoms with Crippen LogP contribution in [0.4, 0.5) is 5.69 Å². The third kappa shape index (κ3) is 3.97. The van der Waals surface area contributed by atoms with Crippen LogP contribution in [0.25, 0.3) is 0 Å². The van der Waals surface area contributed by atoms with Gasteiger partial charge < -0.3 is 15.4 Å². The van der Waals surface area contributed by atoms with Crippen LogP contribution in [-0.4, -0.2) is 44.0 Å². The van der Waals surface area contributed by atoms with Crippen molar-refractivity contribution in [2.24, 2.45) is 0 Å². The van der Waals surface area contributed by atoms with E-state index < -0.39 is 5.91 Å². The highest BCUT2D eigenvalue weighted by atomic mass is 16.5. The molecule has 1 heterocycles. The van der Waals surface area contributed by atoms with Crippen LogP contribution < -0.4 is 20.3 Å². The fourth-order valence-electron chi connectivity index (χ4n) is 2.13. The van der Waals surface area contributed by atoms with Crippen LogP contribution >= 0.6 is 0 Å². The first kappa shape index (κ1) is 15.8. The molecule has 7 nitrogen and oxygen atoms in total. The van der Waals surface area contributed by atoms with Crippen LogP contribution in [0.1, 0.15) is 13.3 Å². The van der Waals surface area contributed by atoms with Crippen molar-refractivity contribution in [1.29, 1.82) is 0 Å². The summed E-state index contributed by atoms with van der Waals surface area (Å²) in [5.41, 5.74) is 0.568. The predicted octanol–water partition coefficient (Wildman–Crippen LogP) is 0.0544. The van der Waals surface area contributed by atoms with Crippen molar-refractivity contribution in [3.8, 4) is 5.75 Å². The average molecular weight is 305 g/mol. The molecule has 1 aromatic rings. The molecule has 1 aromatic carbocycles. The summed E-state index contributed by atoms with van der Waals surface area (Å²) in [6.45, 7) is 2.34. The summed E-state index contributed by atoms with van der Waals surface area (Å²) in [5, 5.41) is 5.09. The van der Waals surface area contributed by atoms with Crippen molar-refractivity contribution < 1.29 is 19.1 Å². The fourth-order valence-corrected chi connectivity index (χ4v) is 2.13. The minimum Gasteiger partial charge on any atom is -0.491 e. The zero-order chi connectivity index (χ0) is 15.9. The fraction of sp³-hybridized carbons (Fsp3) is 0.400. The standard InChI is InChI=1S/C15H19N3O4/c1-2-16-13(19)9-17-14(20)10-18-11-5-3-4-6-12(11)22-8-7-15(18)21/h3-6H,2,7-10H2,1H3,(H,16,19)(H,17,20). The zero-order valence-corrected chi connectivity index (χ0v) is 12.4. The number of likely N-dealkylation sites (N-methyl/N-ethyl adjacent to an activating group) is 1. The van der Waals surface area contributed by atoms with Gasteiger partial charge in [0.15, 0.2) is 0 Å². The number of hydrogen-bond acceptors (Lipinski definition) is 4. The van der Waals surface area contributed by atoms with Crippen LogP contribution in [0.3, 0.4) is 0 Å². The van der Waals surface area contributed by atoms with Crippen LogP contribution in [-0.2, 0) is 14.4 Å². The van der Waals surface area contributed by atoms with Gasteiger partial charge in [-0.05, 0) is 19.1 Å². The molecule has 2 N–H and O–H groups in total. The van der Waals surface area contributed by atoms with Gasteiger partial charge in [-0.2, -0.15) is 0 Å². The van der Waals surface area contributed by atoms with Gasteiger partial charge in [-0.15, -0.1) is 0 Å². The summed E-state index contributed by atoms with van der Waals surface area (Å²) in [5.74, 6) is -0.263. The second kappa shape index (κ2) is 7.44. The lowest BCUT2D eigenvalue weighted by Crippen LogP contribution is -2.44. The molecular formula is C15H19N3O4. The zero-order valence-electron chi connectivity index (χ0n) is 12.4. The van der Waals surface area contributed by atoms with E-state index in [1.807, 2.05) is 6.07 Å². The molecular weight excluding hydrogens is 286 g/mol. The Morgan fingerprint density at radius 1 is 1.23 bits per heavy atom. The van der Waals surface area contributed by atoms with Gasteiger partial charge in [0.25, 0.3) is 0 Å². The van der Waals surface area contributed by atoms with Gasteiger partial charge >= 0.3 is 0 Å². The lowest BCUT2D eigenvalue weighted by molar-refractivity contribution is -0.126. The molecule has 0 unspecified atom stereocenters. The van der Waals surface area contributed by atoms with Gasteiger partial charge in [0, 0.05) is 6.54 Å². The van der Waals surface area contributed by atoms with E-state index in [2.05, 4.69) is 10.6 Å². The number of anilines is 1. The van der Waals surface area contributed by atoms with Gasteiger partial charge in [-0.25, -0.2) is 0 Å². The number of rotatable bonds is 5. The third-order valence-electron chi connectivity index (χ3n) is 3.15. The minimum absolute atomic E-state index is 0.104. The SMILES string of the molecule is CCNC(=O)CNC(=O)CN1C(=O)CCOc2ccccc21.